The molecule has 9 nitrogen and oxygen atoms in total. The highest BCUT2D eigenvalue weighted by molar-refractivity contribution is 6.51. The number of carbonyl (C=O) groups is 5. The largest absolute Gasteiger partial charge is 0.363 e. The summed E-state index contributed by atoms with van der Waals surface area (Å²) in [5.41, 5.74) is 5.30. The third kappa shape index (κ3) is 6.45. The van der Waals surface area contributed by atoms with Gasteiger partial charge in [-0.3, -0.25) is 19.2 Å². The van der Waals surface area contributed by atoms with Crippen LogP contribution in [0.4, 0.5) is 4.79 Å². The molecular formula is C29H42Cl2N4O5. The summed E-state index contributed by atoms with van der Waals surface area (Å²) in [6.45, 7) is 0.221. The van der Waals surface area contributed by atoms with Crippen molar-refractivity contribution in [2.45, 2.75) is 112 Å². The lowest BCUT2D eigenvalue weighted by molar-refractivity contribution is -0.143. The van der Waals surface area contributed by atoms with Crippen molar-refractivity contribution in [1.82, 2.24) is 15.5 Å². The monoisotopic (exact) mass is 596 g/mol. The van der Waals surface area contributed by atoms with Crippen molar-refractivity contribution in [3.05, 3.63) is 0 Å². The number of nitrogens with two attached hydrogens (primary N) is 1. The van der Waals surface area contributed by atoms with Crippen LogP contribution < -0.4 is 16.4 Å². The maximum atomic E-state index is 14.2. The summed E-state index contributed by atoms with van der Waals surface area (Å²) in [6, 6.07) is -1.90. The summed E-state index contributed by atoms with van der Waals surface area (Å²) in [6.07, 6.45) is 12.1. The van der Waals surface area contributed by atoms with Gasteiger partial charge in [0.05, 0.1) is 6.04 Å². The molecule has 1 unspecified atom stereocenters. The van der Waals surface area contributed by atoms with E-state index in [0.717, 1.165) is 70.6 Å². The second-order valence-electron chi connectivity index (χ2n) is 12.8. The second-order valence-corrected chi connectivity index (χ2v) is 14.3. The number of nitrogens with zero attached hydrogens (tertiary/aromatic N) is 1. The molecule has 5 aliphatic rings. The number of hydrogen-bond acceptors (Lipinski definition) is 5. The van der Waals surface area contributed by atoms with Crippen molar-refractivity contribution in [2.75, 3.05) is 6.54 Å². The van der Waals surface area contributed by atoms with Gasteiger partial charge in [0.1, 0.15) is 10.4 Å². The fourth-order valence-corrected chi connectivity index (χ4v) is 8.28. The smallest absolute Gasteiger partial charge is 0.315 e. The number of urea groups is 1. The third-order valence-electron chi connectivity index (χ3n) is 9.94. The highest BCUT2D eigenvalue weighted by Gasteiger charge is 2.73. The van der Waals surface area contributed by atoms with Crippen LogP contribution in [-0.4, -0.2) is 63.3 Å². The quantitative estimate of drug-likeness (QED) is 0.247. The van der Waals surface area contributed by atoms with Gasteiger partial charge < -0.3 is 21.3 Å². The number of nitrogens with one attached hydrogen (secondary N) is 2. The first-order valence-electron chi connectivity index (χ1n) is 15.2. The van der Waals surface area contributed by atoms with E-state index < -0.39 is 39.9 Å². The Hall–Kier alpha value is -1.87. The zero-order chi connectivity index (χ0) is 28.6. The van der Waals surface area contributed by atoms with Crippen LogP contribution in [0, 0.1) is 29.6 Å². The minimum atomic E-state index is -1.12. The van der Waals surface area contributed by atoms with Gasteiger partial charge in [0.25, 0.3) is 5.91 Å². The standard InChI is InChI=1S/C29H42Cl2N4O5/c30-29(31)20-15-35(24(22(20)29)21(36)14-18(13-16-11-12-16)25(37)26(32)38)27(39)23(17-7-3-1-4-8-17)34-28(40)33-19-9-5-2-6-10-19/h16-20,22-24H,1-15H2,(H2,32,38)(H2,33,34,40)/t18?,20-,22-,23-,24+/m0/s1. The van der Waals surface area contributed by atoms with Gasteiger partial charge in [-0.25, -0.2) is 4.79 Å². The highest BCUT2D eigenvalue weighted by Crippen LogP contribution is 2.65. The van der Waals surface area contributed by atoms with E-state index >= 15 is 0 Å². The van der Waals surface area contributed by atoms with Crippen molar-refractivity contribution in [1.29, 1.82) is 0 Å². The number of amides is 4. The average Bonchev–Trinajstić information content (AvgIpc) is 3.79. The van der Waals surface area contributed by atoms with E-state index in [1.807, 2.05) is 0 Å². The Labute approximate surface area is 246 Å². The molecule has 4 aliphatic carbocycles. The summed E-state index contributed by atoms with van der Waals surface area (Å²) >= 11 is 13.1. The predicted molar refractivity (Wildman–Crippen MR) is 150 cm³/mol. The maximum Gasteiger partial charge on any atom is 0.315 e. The maximum absolute atomic E-state index is 14.2. The molecule has 1 saturated heterocycles. The molecule has 1 heterocycles. The van der Waals surface area contributed by atoms with Gasteiger partial charge in [-0.05, 0) is 43.9 Å². The second kappa shape index (κ2) is 12.2. The van der Waals surface area contributed by atoms with Gasteiger partial charge in [0.15, 0.2) is 5.78 Å². The van der Waals surface area contributed by atoms with Gasteiger partial charge in [0, 0.05) is 36.8 Å². The number of hydrogen-bond donors (Lipinski definition) is 3. The van der Waals surface area contributed by atoms with E-state index in [-0.39, 0.29) is 48.6 Å². The third-order valence-corrected chi connectivity index (χ3v) is 11.0. The van der Waals surface area contributed by atoms with Crippen molar-refractivity contribution < 1.29 is 24.0 Å². The Bertz CT molecular complexity index is 1020. The molecule has 0 aromatic heterocycles. The number of ketones is 2. The Morgan fingerprint density at radius 2 is 1.52 bits per heavy atom. The number of piperidine rings is 1. The molecule has 0 aromatic carbocycles. The van der Waals surface area contributed by atoms with E-state index in [1.54, 1.807) is 4.90 Å². The Balaban J connectivity index is 1.33. The molecule has 4 N–H and O–H groups in total. The van der Waals surface area contributed by atoms with Crippen LogP contribution in [0.25, 0.3) is 0 Å². The fourth-order valence-electron chi connectivity index (χ4n) is 7.45. The molecule has 4 amide bonds. The lowest BCUT2D eigenvalue weighted by Gasteiger charge is -2.37. The van der Waals surface area contributed by atoms with Crippen molar-refractivity contribution in [3.8, 4) is 0 Å². The van der Waals surface area contributed by atoms with Crippen LogP contribution in [0.3, 0.4) is 0 Å². The molecule has 222 valence electrons. The van der Waals surface area contributed by atoms with Gasteiger partial charge >= 0.3 is 6.03 Å². The number of alkyl halides is 2. The summed E-state index contributed by atoms with van der Waals surface area (Å²) in [5.74, 6) is -3.63. The number of likely N-dealkylation sites (tertiary alicyclic amines) is 1. The lowest BCUT2D eigenvalue weighted by Crippen LogP contribution is -2.59. The first-order valence-corrected chi connectivity index (χ1v) is 15.9. The van der Waals surface area contributed by atoms with Crippen LogP contribution in [0.5, 0.6) is 0 Å². The average molecular weight is 598 g/mol. The number of carbonyl (C=O) groups excluding carboxylic acids is 5. The van der Waals surface area contributed by atoms with E-state index in [4.69, 9.17) is 28.9 Å². The molecule has 5 atom stereocenters. The molecular weight excluding hydrogens is 555 g/mol. The highest BCUT2D eigenvalue weighted by atomic mass is 35.5. The Morgan fingerprint density at radius 1 is 0.900 bits per heavy atom. The molecule has 5 fully saturated rings. The zero-order valence-electron chi connectivity index (χ0n) is 23.0. The Morgan fingerprint density at radius 3 is 2.12 bits per heavy atom. The van der Waals surface area contributed by atoms with E-state index in [1.165, 1.54) is 6.42 Å². The molecule has 5 rings (SSSR count). The first kappa shape index (κ1) is 29.6. The van der Waals surface area contributed by atoms with Crippen molar-refractivity contribution >= 4 is 52.6 Å². The van der Waals surface area contributed by atoms with Gasteiger partial charge in [0.2, 0.25) is 11.7 Å². The minimum Gasteiger partial charge on any atom is -0.363 e. The normalized spacial score (nSPS) is 29.6. The number of halogens is 2. The number of Topliss-reactive ketones (excluding diaryl/α,β-unsaturated/α-hetero) is 2. The molecule has 0 spiro atoms. The molecule has 1 aliphatic heterocycles. The molecule has 0 bridgehead atoms. The fraction of sp³-hybridized carbons (Fsp3) is 0.828. The van der Waals surface area contributed by atoms with Crippen LogP contribution in [0.1, 0.15) is 89.9 Å². The molecule has 0 aromatic rings. The predicted octanol–water partition coefficient (Wildman–Crippen LogP) is 3.63. The first-order chi connectivity index (χ1) is 19.1. The minimum absolute atomic E-state index is 0.0261. The van der Waals surface area contributed by atoms with Crippen LogP contribution in [0.2, 0.25) is 0 Å². The molecule has 11 heteroatoms. The summed E-state index contributed by atoms with van der Waals surface area (Å²) in [5, 5.41) is 6.06. The van der Waals surface area contributed by atoms with Crippen LogP contribution in [0.15, 0.2) is 0 Å². The molecule has 4 saturated carbocycles. The van der Waals surface area contributed by atoms with E-state index in [0.29, 0.717) is 12.3 Å². The van der Waals surface area contributed by atoms with Gasteiger partial charge in [-0.15, -0.1) is 23.2 Å². The van der Waals surface area contributed by atoms with Crippen LogP contribution in [-0.2, 0) is 19.2 Å². The number of rotatable bonds is 11. The Kier molecular flexibility index (Phi) is 9.00. The lowest BCUT2D eigenvalue weighted by atomic mass is 9.83. The summed E-state index contributed by atoms with van der Waals surface area (Å²) < 4.78 is -1.12. The molecule has 40 heavy (non-hydrogen) atoms. The van der Waals surface area contributed by atoms with Gasteiger partial charge in [-0.1, -0.05) is 51.4 Å². The van der Waals surface area contributed by atoms with Crippen LogP contribution >= 0.6 is 23.2 Å². The SMILES string of the molecule is NC(=O)C(=O)C(CC(=O)[C@@H]1[C@@H]2[C@H](CN1C(=O)[C@@H](NC(=O)NC1CCCCC1)C1CCCCC1)C2(Cl)Cl)CC1CC1. The number of primary amides is 1. The van der Waals surface area contributed by atoms with Crippen molar-refractivity contribution in [2.24, 2.45) is 35.3 Å². The summed E-state index contributed by atoms with van der Waals surface area (Å²) in [7, 11) is 0. The topological polar surface area (TPSA) is 139 Å². The zero-order valence-corrected chi connectivity index (χ0v) is 24.6. The number of fused-ring (bicyclic) bond motifs is 1. The van der Waals surface area contributed by atoms with Crippen molar-refractivity contribution in [3.63, 3.8) is 0 Å². The summed E-state index contributed by atoms with van der Waals surface area (Å²) in [4.78, 5) is 66.9. The van der Waals surface area contributed by atoms with E-state index in [9.17, 15) is 24.0 Å². The van der Waals surface area contributed by atoms with Gasteiger partial charge in [-0.2, -0.15) is 0 Å². The molecule has 0 radical (unpaired) electrons. The van der Waals surface area contributed by atoms with E-state index in [2.05, 4.69) is 10.6 Å².